The highest BCUT2D eigenvalue weighted by atomic mass is 16.5. The van der Waals surface area contributed by atoms with Gasteiger partial charge >= 0.3 is 5.97 Å². The molecule has 0 aromatic heterocycles. The number of hydrogen-bond donors (Lipinski definition) is 0. The molecule has 25 heavy (non-hydrogen) atoms. The lowest BCUT2D eigenvalue weighted by Crippen LogP contribution is -2.00. The summed E-state index contributed by atoms with van der Waals surface area (Å²) in [5.41, 5.74) is 5.01. The van der Waals surface area contributed by atoms with Gasteiger partial charge in [-0.3, -0.25) is 9.59 Å². The van der Waals surface area contributed by atoms with Crippen molar-refractivity contribution in [3.05, 3.63) is 78.4 Å². The van der Waals surface area contributed by atoms with Crippen LogP contribution >= 0.6 is 0 Å². The zero-order valence-corrected chi connectivity index (χ0v) is 14.2. The first kappa shape index (κ1) is 16.7. The van der Waals surface area contributed by atoms with E-state index in [0.29, 0.717) is 11.3 Å². The Morgan fingerprint density at radius 3 is 1.32 bits per heavy atom. The molecule has 3 heteroatoms. The number of Topliss-reactive ketones (excluding diaryl/α,β-unsaturated/α-hetero) is 1. The molecule has 0 saturated heterocycles. The van der Waals surface area contributed by atoms with Gasteiger partial charge in [-0.05, 0) is 41.3 Å². The van der Waals surface area contributed by atoms with Crippen molar-refractivity contribution in [2.45, 2.75) is 13.8 Å². The van der Waals surface area contributed by atoms with Crippen LogP contribution in [-0.4, -0.2) is 11.8 Å². The summed E-state index contributed by atoms with van der Waals surface area (Å²) in [7, 11) is 0. The minimum absolute atomic E-state index is 0.0686. The molecule has 0 radical (unpaired) electrons. The first-order valence-electron chi connectivity index (χ1n) is 8.03. The Bertz CT molecular complexity index is 890. The van der Waals surface area contributed by atoms with Crippen molar-refractivity contribution in [2.75, 3.05) is 0 Å². The van der Waals surface area contributed by atoms with Gasteiger partial charge in [0.05, 0.1) is 0 Å². The molecule has 0 spiro atoms. The van der Waals surface area contributed by atoms with E-state index in [0.717, 1.165) is 22.3 Å². The van der Waals surface area contributed by atoms with Gasteiger partial charge in [-0.15, -0.1) is 0 Å². The molecule has 3 aromatic rings. The van der Waals surface area contributed by atoms with Crippen molar-refractivity contribution in [1.82, 2.24) is 0 Å². The SMILES string of the molecule is CC(=O)Oc1ccc(-c2ccc(-c3ccc(C(C)=O)cc3)cc2)cc1. The molecular formula is C22H18O3. The van der Waals surface area contributed by atoms with Crippen molar-refractivity contribution in [3.63, 3.8) is 0 Å². The van der Waals surface area contributed by atoms with E-state index in [1.165, 1.54) is 6.92 Å². The van der Waals surface area contributed by atoms with Crippen molar-refractivity contribution in [1.29, 1.82) is 0 Å². The van der Waals surface area contributed by atoms with Gasteiger partial charge in [-0.2, -0.15) is 0 Å². The van der Waals surface area contributed by atoms with Gasteiger partial charge in [-0.25, -0.2) is 0 Å². The van der Waals surface area contributed by atoms with E-state index < -0.39 is 0 Å². The van der Waals surface area contributed by atoms with Crippen LogP contribution in [0.3, 0.4) is 0 Å². The monoisotopic (exact) mass is 330 g/mol. The Kier molecular flexibility index (Phi) is 4.75. The van der Waals surface area contributed by atoms with E-state index in [2.05, 4.69) is 24.3 Å². The first-order valence-corrected chi connectivity index (χ1v) is 8.03. The third kappa shape index (κ3) is 4.01. The van der Waals surface area contributed by atoms with Crippen LogP contribution in [0, 0.1) is 0 Å². The largest absolute Gasteiger partial charge is 0.427 e. The summed E-state index contributed by atoms with van der Waals surface area (Å²) < 4.78 is 5.05. The topological polar surface area (TPSA) is 43.4 Å². The molecule has 0 unspecified atom stereocenters. The molecule has 0 aliphatic rings. The van der Waals surface area contributed by atoms with E-state index in [1.807, 2.05) is 36.4 Å². The van der Waals surface area contributed by atoms with Crippen molar-refractivity contribution >= 4 is 11.8 Å². The third-order valence-electron chi connectivity index (χ3n) is 3.96. The van der Waals surface area contributed by atoms with Gasteiger partial charge in [0.1, 0.15) is 5.75 Å². The van der Waals surface area contributed by atoms with E-state index in [-0.39, 0.29) is 11.8 Å². The zero-order valence-electron chi connectivity index (χ0n) is 14.2. The van der Waals surface area contributed by atoms with E-state index in [9.17, 15) is 9.59 Å². The van der Waals surface area contributed by atoms with Crippen LogP contribution in [0.25, 0.3) is 22.3 Å². The number of benzene rings is 3. The lowest BCUT2D eigenvalue weighted by Gasteiger charge is -2.07. The zero-order chi connectivity index (χ0) is 17.8. The quantitative estimate of drug-likeness (QED) is 0.377. The average molecular weight is 330 g/mol. The van der Waals surface area contributed by atoms with Gasteiger partial charge in [0.15, 0.2) is 5.78 Å². The Balaban J connectivity index is 1.79. The molecule has 124 valence electrons. The minimum Gasteiger partial charge on any atom is -0.427 e. The molecule has 0 N–H and O–H groups in total. The predicted octanol–water partition coefficient (Wildman–Crippen LogP) is 5.15. The number of hydrogen-bond acceptors (Lipinski definition) is 3. The minimum atomic E-state index is -0.326. The maximum absolute atomic E-state index is 11.4. The fraction of sp³-hybridized carbons (Fsp3) is 0.0909. The van der Waals surface area contributed by atoms with Crippen molar-refractivity contribution < 1.29 is 14.3 Å². The molecule has 0 aliphatic carbocycles. The lowest BCUT2D eigenvalue weighted by atomic mass is 9.99. The fourth-order valence-corrected chi connectivity index (χ4v) is 2.63. The molecule has 0 heterocycles. The number of ether oxygens (including phenoxy) is 1. The average Bonchev–Trinajstić information content (AvgIpc) is 2.62. The van der Waals surface area contributed by atoms with Crippen LogP contribution in [0.4, 0.5) is 0 Å². The number of esters is 1. The third-order valence-corrected chi connectivity index (χ3v) is 3.96. The molecule has 0 saturated carbocycles. The summed E-state index contributed by atoms with van der Waals surface area (Å²) in [5, 5.41) is 0. The number of carbonyl (C=O) groups is 2. The normalized spacial score (nSPS) is 10.3. The fourth-order valence-electron chi connectivity index (χ4n) is 2.63. The summed E-state index contributed by atoms with van der Waals surface area (Å²) in [4.78, 5) is 22.3. The molecule has 0 amide bonds. The van der Waals surface area contributed by atoms with E-state index in [4.69, 9.17) is 4.74 Å². The van der Waals surface area contributed by atoms with Gasteiger partial charge in [0.25, 0.3) is 0 Å². The molecule has 3 rings (SSSR count). The van der Waals surface area contributed by atoms with Crippen LogP contribution in [0.5, 0.6) is 5.75 Å². The summed E-state index contributed by atoms with van der Waals surface area (Å²) in [6, 6.07) is 23.2. The highest BCUT2D eigenvalue weighted by molar-refractivity contribution is 5.94. The molecule has 3 nitrogen and oxygen atoms in total. The van der Waals surface area contributed by atoms with Crippen LogP contribution in [0.15, 0.2) is 72.8 Å². The second kappa shape index (κ2) is 7.14. The van der Waals surface area contributed by atoms with Crippen molar-refractivity contribution in [3.8, 4) is 28.0 Å². The van der Waals surface area contributed by atoms with Gasteiger partial charge in [-0.1, -0.05) is 60.7 Å². The molecule has 0 fully saturated rings. The van der Waals surface area contributed by atoms with Gasteiger partial charge in [0.2, 0.25) is 0 Å². The Morgan fingerprint density at radius 2 is 0.960 bits per heavy atom. The van der Waals surface area contributed by atoms with Crippen molar-refractivity contribution in [2.24, 2.45) is 0 Å². The molecular weight excluding hydrogens is 312 g/mol. The molecule has 3 aromatic carbocycles. The van der Waals surface area contributed by atoms with Gasteiger partial charge in [0, 0.05) is 12.5 Å². The maximum Gasteiger partial charge on any atom is 0.308 e. The highest BCUT2D eigenvalue weighted by Crippen LogP contribution is 2.26. The Hall–Kier alpha value is -3.20. The number of rotatable bonds is 4. The van der Waals surface area contributed by atoms with E-state index in [1.54, 1.807) is 19.1 Å². The smallest absolute Gasteiger partial charge is 0.308 e. The first-order chi connectivity index (χ1) is 12.0. The molecule has 0 bridgehead atoms. The van der Waals surface area contributed by atoms with E-state index >= 15 is 0 Å². The standard InChI is InChI=1S/C22H18O3/c1-15(23)17-3-5-18(6-4-17)19-7-9-20(10-8-19)21-11-13-22(14-12-21)25-16(2)24/h3-14H,1-2H3. The predicted molar refractivity (Wildman–Crippen MR) is 98.6 cm³/mol. The lowest BCUT2D eigenvalue weighted by molar-refractivity contribution is -0.131. The highest BCUT2D eigenvalue weighted by Gasteiger charge is 2.04. The maximum atomic E-state index is 11.4. The van der Waals surface area contributed by atoms with Gasteiger partial charge < -0.3 is 4.74 Å². The van der Waals surface area contributed by atoms with Crippen LogP contribution in [-0.2, 0) is 4.79 Å². The second-order valence-corrected chi connectivity index (χ2v) is 5.83. The van der Waals surface area contributed by atoms with Crippen LogP contribution in [0.2, 0.25) is 0 Å². The second-order valence-electron chi connectivity index (χ2n) is 5.83. The Morgan fingerprint density at radius 1 is 0.600 bits per heavy atom. The summed E-state index contributed by atoms with van der Waals surface area (Å²) in [6.45, 7) is 2.95. The van der Waals surface area contributed by atoms with Crippen LogP contribution < -0.4 is 4.74 Å². The summed E-state index contributed by atoms with van der Waals surface area (Å²) >= 11 is 0. The van der Waals surface area contributed by atoms with Crippen LogP contribution in [0.1, 0.15) is 24.2 Å². The summed E-state index contributed by atoms with van der Waals surface area (Å²) in [6.07, 6.45) is 0. The number of carbonyl (C=O) groups excluding carboxylic acids is 2. The Labute approximate surface area is 146 Å². The molecule has 0 atom stereocenters. The number of ketones is 1. The summed E-state index contributed by atoms with van der Waals surface area (Å²) in [5.74, 6) is 0.283. The molecule has 0 aliphatic heterocycles.